The van der Waals surface area contributed by atoms with E-state index in [2.05, 4.69) is 46.3 Å². The van der Waals surface area contributed by atoms with Crippen molar-refractivity contribution in [2.45, 2.75) is 45.2 Å². The van der Waals surface area contributed by atoms with Crippen molar-refractivity contribution in [2.75, 3.05) is 45.8 Å². The van der Waals surface area contributed by atoms with Crippen LogP contribution in [0.25, 0.3) is 0 Å². The summed E-state index contributed by atoms with van der Waals surface area (Å²) in [4.78, 5) is 19.7. The lowest BCUT2D eigenvalue weighted by Gasteiger charge is -2.37. The van der Waals surface area contributed by atoms with Gasteiger partial charge in [-0.3, -0.25) is 9.80 Å². The van der Waals surface area contributed by atoms with Crippen LogP contribution in [0.2, 0.25) is 0 Å². The van der Waals surface area contributed by atoms with Gasteiger partial charge in [0.2, 0.25) is 0 Å². The molecule has 1 atom stereocenters. The fraction of sp³-hybridized carbons (Fsp3) is 0.682. The van der Waals surface area contributed by atoms with Gasteiger partial charge in [0, 0.05) is 58.4 Å². The van der Waals surface area contributed by atoms with Crippen LogP contribution in [0.1, 0.15) is 37.3 Å². The summed E-state index contributed by atoms with van der Waals surface area (Å²) in [5.41, 5.74) is 2.93. The molecule has 1 aliphatic carbocycles. The van der Waals surface area contributed by atoms with Gasteiger partial charge in [-0.05, 0) is 42.7 Å². The Labute approximate surface area is 163 Å². The summed E-state index contributed by atoms with van der Waals surface area (Å²) >= 11 is 0. The van der Waals surface area contributed by atoms with Gasteiger partial charge in [0.05, 0.1) is 0 Å². The SMILES string of the molecule is CCC(CNC(=O)N1CCN(CC2CC2)CC1)N1CCc2ccccc2C1. The molecule has 1 aromatic carbocycles. The molecule has 1 saturated carbocycles. The maximum Gasteiger partial charge on any atom is 0.317 e. The highest BCUT2D eigenvalue weighted by Crippen LogP contribution is 2.29. The number of hydrogen-bond donors (Lipinski definition) is 1. The van der Waals surface area contributed by atoms with Crippen molar-refractivity contribution in [3.63, 3.8) is 0 Å². The number of nitrogens with one attached hydrogen (secondary N) is 1. The molecule has 4 rings (SSSR count). The number of urea groups is 1. The molecule has 1 N–H and O–H groups in total. The molecule has 148 valence electrons. The zero-order valence-electron chi connectivity index (χ0n) is 16.7. The van der Waals surface area contributed by atoms with Crippen LogP contribution in [0, 0.1) is 5.92 Å². The standard InChI is InChI=1S/C22H34N4O/c1-2-21(26-10-9-19-5-3-4-6-20(19)17-26)15-23-22(27)25-13-11-24(12-14-25)16-18-7-8-18/h3-6,18,21H,2,7-17H2,1H3,(H,23,27). The van der Waals surface area contributed by atoms with E-state index in [1.807, 2.05) is 4.90 Å². The molecule has 0 bridgehead atoms. The molecule has 0 radical (unpaired) electrons. The lowest BCUT2D eigenvalue weighted by molar-refractivity contribution is 0.130. The molecule has 2 amide bonds. The van der Waals surface area contributed by atoms with E-state index in [1.54, 1.807) is 0 Å². The second kappa shape index (κ2) is 8.61. The third-order valence-corrected chi connectivity index (χ3v) is 6.51. The van der Waals surface area contributed by atoms with Gasteiger partial charge in [-0.1, -0.05) is 31.2 Å². The van der Waals surface area contributed by atoms with E-state index in [0.717, 1.165) is 64.6 Å². The minimum atomic E-state index is 0.122. The Bertz CT molecular complexity index is 637. The first-order valence-corrected chi connectivity index (χ1v) is 10.8. The minimum absolute atomic E-state index is 0.122. The zero-order chi connectivity index (χ0) is 18.6. The first-order valence-electron chi connectivity index (χ1n) is 10.8. The highest BCUT2D eigenvalue weighted by atomic mass is 16.2. The average Bonchev–Trinajstić information content (AvgIpc) is 3.53. The van der Waals surface area contributed by atoms with Crippen molar-refractivity contribution in [1.29, 1.82) is 0 Å². The highest BCUT2D eigenvalue weighted by Gasteiger charge is 2.28. The molecule has 1 unspecified atom stereocenters. The summed E-state index contributed by atoms with van der Waals surface area (Å²) in [7, 11) is 0. The first-order chi connectivity index (χ1) is 13.2. The monoisotopic (exact) mass is 370 g/mol. The maximum absolute atomic E-state index is 12.6. The maximum atomic E-state index is 12.6. The summed E-state index contributed by atoms with van der Waals surface area (Å²) in [6, 6.07) is 9.30. The number of hydrogen-bond acceptors (Lipinski definition) is 3. The molecule has 0 aromatic heterocycles. The van der Waals surface area contributed by atoms with Crippen LogP contribution in [0.4, 0.5) is 4.79 Å². The lowest BCUT2D eigenvalue weighted by Crippen LogP contribution is -2.54. The van der Waals surface area contributed by atoms with E-state index in [4.69, 9.17) is 0 Å². The Morgan fingerprint density at radius 1 is 1.11 bits per heavy atom. The van der Waals surface area contributed by atoms with Crippen molar-refractivity contribution in [3.05, 3.63) is 35.4 Å². The molecule has 1 saturated heterocycles. The molecule has 2 heterocycles. The fourth-order valence-corrected chi connectivity index (χ4v) is 4.48. The van der Waals surface area contributed by atoms with Gasteiger partial charge in [-0.25, -0.2) is 4.79 Å². The van der Waals surface area contributed by atoms with Crippen LogP contribution in [0.3, 0.4) is 0 Å². The molecule has 3 aliphatic rings. The quantitative estimate of drug-likeness (QED) is 0.836. The topological polar surface area (TPSA) is 38.8 Å². The largest absolute Gasteiger partial charge is 0.336 e. The van der Waals surface area contributed by atoms with E-state index in [0.29, 0.717) is 6.04 Å². The first kappa shape index (κ1) is 18.8. The van der Waals surface area contributed by atoms with Crippen LogP contribution in [-0.4, -0.2) is 72.6 Å². The van der Waals surface area contributed by atoms with Crippen LogP contribution >= 0.6 is 0 Å². The van der Waals surface area contributed by atoms with Gasteiger partial charge in [0.15, 0.2) is 0 Å². The number of nitrogens with zero attached hydrogens (tertiary/aromatic N) is 3. The van der Waals surface area contributed by atoms with Crippen molar-refractivity contribution in [2.24, 2.45) is 5.92 Å². The smallest absolute Gasteiger partial charge is 0.317 e. The number of fused-ring (bicyclic) bond motifs is 1. The minimum Gasteiger partial charge on any atom is -0.336 e. The van der Waals surface area contributed by atoms with Crippen LogP contribution < -0.4 is 5.32 Å². The molecular formula is C22H34N4O. The third-order valence-electron chi connectivity index (χ3n) is 6.51. The van der Waals surface area contributed by atoms with Gasteiger partial charge >= 0.3 is 6.03 Å². The lowest BCUT2D eigenvalue weighted by atomic mass is 9.98. The van der Waals surface area contributed by atoms with Crippen LogP contribution in [-0.2, 0) is 13.0 Å². The molecule has 27 heavy (non-hydrogen) atoms. The van der Waals surface area contributed by atoms with E-state index in [9.17, 15) is 4.79 Å². The summed E-state index contributed by atoms with van der Waals surface area (Å²) in [6.07, 6.45) is 4.99. The number of rotatable bonds is 6. The second-order valence-electron chi connectivity index (χ2n) is 8.47. The predicted octanol–water partition coefficient (Wildman–Crippen LogP) is 2.56. The summed E-state index contributed by atoms with van der Waals surface area (Å²) in [5.74, 6) is 0.936. The number of carbonyl (C=O) groups excluding carboxylic acids is 1. The van der Waals surface area contributed by atoms with Crippen LogP contribution in [0.5, 0.6) is 0 Å². The Morgan fingerprint density at radius 2 is 1.85 bits per heavy atom. The molecule has 0 spiro atoms. The Kier molecular flexibility index (Phi) is 5.98. The average molecular weight is 371 g/mol. The molecular weight excluding hydrogens is 336 g/mol. The Balaban J connectivity index is 1.23. The summed E-state index contributed by atoms with van der Waals surface area (Å²) < 4.78 is 0. The number of benzene rings is 1. The van der Waals surface area contributed by atoms with E-state index in [-0.39, 0.29) is 6.03 Å². The van der Waals surface area contributed by atoms with Crippen molar-refractivity contribution in [1.82, 2.24) is 20.0 Å². The molecule has 2 aliphatic heterocycles. The van der Waals surface area contributed by atoms with Gasteiger partial charge in [0.1, 0.15) is 0 Å². The third kappa shape index (κ3) is 4.82. The summed E-state index contributed by atoms with van der Waals surface area (Å²) in [6.45, 7) is 10.1. The van der Waals surface area contributed by atoms with Gasteiger partial charge in [0.25, 0.3) is 0 Å². The van der Waals surface area contributed by atoms with Gasteiger partial charge in [-0.2, -0.15) is 0 Å². The second-order valence-corrected chi connectivity index (χ2v) is 8.47. The van der Waals surface area contributed by atoms with Gasteiger partial charge in [-0.15, -0.1) is 0 Å². The predicted molar refractivity (Wildman–Crippen MR) is 109 cm³/mol. The normalized spacial score (nSPS) is 22.3. The van der Waals surface area contributed by atoms with Crippen molar-refractivity contribution >= 4 is 6.03 Å². The van der Waals surface area contributed by atoms with Crippen LogP contribution in [0.15, 0.2) is 24.3 Å². The van der Waals surface area contributed by atoms with E-state index >= 15 is 0 Å². The Morgan fingerprint density at radius 3 is 2.56 bits per heavy atom. The molecule has 5 heteroatoms. The van der Waals surface area contributed by atoms with E-state index in [1.165, 1.54) is 30.5 Å². The molecule has 1 aromatic rings. The highest BCUT2D eigenvalue weighted by molar-refractivity contribution is 5.74. The number of carbonyl (C=O) groups is 1. The Hall–Kier alpha value is -1.59. The fourth-order valence-electron chi connectivity index (χ4n) is 4.48. The number of amides is 2. The van der Waals surface area contributed by atoms with E-state index < -0.39 is 0 Å². The van der Waals surface area contributed by atoms with Crippen molar-refractivity contribution < 1.29 is 4.79 Å². The van der Waals surface area contributed by atoms with Crippen molar-refractivity contribution in [3.8, 4) is 0 Å². The number of piperazine rings is 1. The molecule has 2 fully saturated rings. The summed E-state index contributed by atoms with van der Waals surface area (Å²) in [5, 5.41) is 3.22. The van der Waals surface area contributed by atoms with Gasteiger partial charge < -0.3 is 10.2 Å². The zero-order valence-corrected chi connectivity index (χ0v) is 16.7. The molecule has 5 nitrogen and oxygen atoms in total.